The molecule has 1 N–H and O–H groups in total. The molecule has 2 heterocycles. The van der Waals surface area contributed by atoms with Gasteiger partial charge in [-0.1, -0.05) is 12.2 Å². The van der Waals surface area contributed by atoms with Crippen LogP contribution in [0.3, 0.4) is 0 Å². The first-order valence-electron chi connectivity index (χ1n) is 3.18. The molecule has 0 aliphatic carbocycles. The molecule has 0 aliphatic rings. The summed E-state index contributed by atoms with van der Waals surface area (Å²) in [7, 11) is 0. The molecule has 0 spiro atoms. The summed E-state index contributed by atoms with van der Waals surface area (Å²) in [6, 6.07) is 2.08. The minimum absolute atomic E-state index is 0.551. The summed E-state index contributed by atoms with van der Waals surface area (Å²) in [6.07, 6.45) is 1.51. The van der Waals surface area contributed by atoms with E-state index in [1.807, 2.05) is 0 Å². The topological polar surface area (TPSA) is 52.5 Å². The zero-order chi connectivity index (χ0) is 8.55. The van der Waals surface area contributed by atoms with Gasteiger partial charge in [0.2, 0.25) is 0 Å². The zero-order valence-corrected chi connectivity index (χ0v) is 7.50. The zero-order valence-electron chi connectivity index (χ0n) is 5.87. The van der Waals surface area contributed by atoms with Gasteiger partial charge in [-0.05, 0) is 0 Å². The van der Waals surface area contributed by atoms with Crippen LogP contribution < -0.4 is 0 Å². The van der Waals surface area contributed by atoms with E-state index in [-0.39, 0.29) is 0 Å². The maximum atomic E-state index is 8.70. The summed E-state index contributed by atoms with van der Waals surface area (Å²) in [4.78, 5) is 6.82. The molecule has 2 aromatic rings. The van der Waals surface area contributed by atoms with Gasteiger partial charge < -0.3 is 4.98 Å². The Morgan fingerprint density at radius 2 is 2.50 bits per heavy atom. The molecule has 0 fully saturated rings. The Morgan fingerprint density at radius 3 is 3.25 bits per heavy atom. The van der Waals surface area contributed by atoms with Crippen molar-refractivity contribution in [1.82, 2.24) is 9.97 Å². The van der Waals surface area contributed by atoms with Crippen molar-refractivity contribution >= 4 is 33.8 Å². The number of rotatable bonds is 0. The van der Waals surface area contributed by atoms with Crippen molar-refractivity contribution in [2.75, 3.05) is 0 Å². The van der Waals surface area contributed by atoms with Crippen LogP contribution in [0.4, 0.5) is 0 Å². The minimum Gasteiger partial charge on any atom is -0.344 e. The molecule has 2 rings (SSSR count). The van der Waals surface area contributed by atoms with Gasteiger partial charge in [0, 0.05) is 5.38 Å². The highest BCUT2D eigenvalue weighted by atomic mass is 32.1. The molecule has 0 bridgehead atoms. The number of fused-ring (bicyclic) bond motifs is 1. The maximum Gasteiger partial charge on any atom is 0.147 e. The second kappa shape index (κ2) is 2.66. The monoisotopic (exact) mass is 193 g/mol. The van der Waals surface area contributed by atoms with E-state index in [1.54, 1.807) is 5.38 Å². The van der Waals surface area contributed by atoms with E-state index >= 15 is 0 Å². The lowest BCUT2D eigenvalue weighted by atomic mass is 10.3. The average molecular weight is 193 g/mol. The van der Waals surface area contributed by atoms with Crippen molar-refractivity contribution < 1.29 is 0 Å². The average Bonchev–Trinajstić information content (AvgIpc) is 2.49. The number of hydrogen-bond acceptors (Lipinski definition) is 4. The molecule has 5 heteroatoms. The van der Waals surface area contributed by atoms with E-state index in [0.717, 1.165) is 10.2 Å². The van der Waals surface area contributed by atoms with Crippen molar-refractivity contribution in [2.24, 2.45) is 0 Å². The molecular formula is C7H3N3S2. The smallest absolute Gasteiger partial charge is 0.147 e. The summed E-state index contributed by atoms with van der Waals surface area (Å²) in [5, 5.41) is 10.5. The van der Waals surface area contributed by atoms with Crippen LogP contribution >= 0.6 is 23.6 Å². The normalized spacial score (nSPS) is 9.92. The highest BCUT2D eigenvalue weighted by Gasteiger charge is 2.03. The number of hydrogen-bond donors (Lipinski definition) is 1. The van der Waals surface area contributed by atoms with Gasteiger partial charge in [0.05, 0.1) is 22.1 Å². The molecule has 0 unspecified atom stereocenters. The lowest BCUT2D eigenvalue weighted by Gasteiger charge is -1.87. The van der Waals surface area contributed by atoms with E-state index in [2.05, 4.69) is 16.0 Å². The number of nitrogens with one attached hydrogen (secondary N) is 1. The Hall–Kier alpha value is -1.25. The fourth-order valence-electron chi connectivity index (χ4n) is 0.955. The molecule has 0 amide bonds. The molecule has 0 radical (unpaired) electrons. The molecular weight excluding hydrogens is 190 g/mol. The van der Waals surface area contributed by atoms with Gasteiger partial charge in [0.25, 0.3) is 0 Å². The van der Waals surface area contributed by atoms with E-state index in [0.29, 0.717) is 10.2 Å². The fourth-order valence-corrected chi connectivity index (χ4v) is 2.10. The molecule has 2 aromatic heterocycles. The summed E-state index contributed by atoms with van der Waals surface area (Å²) in [5.74, 6) is 0. The molecule has 0 saturated heterocycles. The van der Waals surface area contributed by atoms with Crippen molar-refractivity contribution in [3.63, 3.8) is 0 Å². The molecule has 0 atom stereocenters. The summed E-state index contributed by atoms with van der Waals surface area (Å²) >= 11 is 6.43. The predicted octanol–water partition coefficient (Wildman–Crippen LogP) is 2.23. The largest absolute Gasteiger partial charge is 0.344 e. The maximum absolute atomic E-state index is 8.70. The second-order valence-corrected chi connectivity index (χ2v) is 3.44. The number of thiophene rings is 1. The van der Waals surface area contributed by atoms with Crippen molar-refractivity contribution in [3.05, 3.63) is 21.9 Å². The van der Waals surface area contributed by atoms with E-state index < -0.39 is 0 Å². The lowest BCUT2D eigenvalue weighted by molar-refractivity contribution is 1.21. The van der Waals surface area contributed by atoms with Crippen LogP contribution in [0.2, 0.25) is 0 Å². The number of aromatic amines is 1. The lowest BCUT2D eigenvalue weighted by Crippen LogP contribution is -1.79. The van der Waals surface area contributed by atoms with Gasteiger partial charge in [-0.3, -0.25) is 0 Å². The van der Waals surface area contributed by atoms with Gasteiger partial charge in [0.15, 0.2) is 0 Å². The molecule has 0 saturated carbocycles. The highest BCUT2D eigenvalue weighted by Crippen LogP contribution is 2.22. The predicted molar refractivity (Wildman–Crippen MR) is 49.5 cm³/mol. The van der Waals surface area contributed by atoms with Crippen LogP contribution in [0.25, 0.3) is 10.2 Å². The van der Waals surface area contributed by atoms with E-state index in [9.17, 15) is 0 Å². The highest BCUT2D eigenvalue weighted by molar-refractivity contribution is 7.71. The van der Waals surface area contributed by atoms with Gasteiger partial charge >= 0.3 is 0 Å². The van der Waals surface area contributed by atoms with Crippen molar-refractivity contribution in [2.45, 2.75) is 0 Å². The summed E-state index contributed by atoms with van der Waals surface area (Å²) in [6.45, 7) is 0. The first-order valence-corrected chi connectivity index (χ1v) is 4.46. The molecule has 3 nitrogen and oxygen atoms in total. The summed E-state index contributed by atoms with van der Waals surface area (Å²) in [5.41, 5.74) is 1.42. The molecule has 0 aliphatic heterocycles. The first kappa shape index (κ1) is 7.40. The number of nitrogens with zero attached hydrogens (tertiary/aromatic N) is 2. The Morgan fingerprint density at radius 1 is 1.67 bits per heavy atom. The van der Waals surface area contributed by atoms with Crippen LogP contribution in [0, 0.1) is 16.0 Å². The van der Waals surface area contributed by atoms with Gasteiger partial charge in [-0.25, -0.2) is 4.98 Å². The number of aromatic nitrogens is 2. The van der Waals surface area contributed by atoms with Gasteiger partial charge in [0.1, 0.15) is 10.7 Å². The van der Waals surface area contributed by atoms with Crippen molar-refractivity contribution in [1.29, 1.82) is 5.26 Å². The van der Waals surface area contributed by atoms with Crippen LogP contribution in [0.15, 0.2) is 11.7 Å². The quantitative estimate of drug-likeness (QED) is 0.653. The van der Waals surface area contributed by atoms with Crippen LogP contribution in [0.1, 0.15) is 5.56 Å². The fraction of sp³-hybridized carbons (Fsp3) is 0. The Labute approximate surface area is 77.3 Å². The first-order chi connectivity index (χ1) is 5.83. The van der Waals surface area contributed by atoms with Crippen LogP contribution in [-0.4, -0.2) is 9.97 Å². The standard InChI is InChI=1S/C7H3N3S2/c8-1-4-2-12-6-5(4)9-3-10-7(6)11/h2-3H,(H,9,10,11). The van der Waals surface area contributed by atoms with E-state index in [4.69, 9.17) is 17.5 Å². The third kappa shape index (κ3) is 0.932. The molecule has 58 valence electrons. The Kier molecular flexibility index (Phi) is 1.64. The van der Waals surface area contributed by atoms with Gasteiger partial charge in [-0.2, -0.15) is 5.26 Å². The van der Waals surface area contributed by atoms with Crippen LogP contribution in [-0.2, 0) is 0 Å². The Balaban J connectivity index is 3.01. The SMILES string of the molecule is N#Cc1csc2c(=S)nc[nH]c12. The molecule has 12 heavy (non-hydrogen) atoms. The number of H-pyrrole nitrogens is 1. The Bertz CT molecular complexity index is 517. The third-order valence-electron chi connectivity index (χ3n) is 1.50. The van der Waals surface area contributed by atoms with Crippen LogP contribution in [0.5, 0.6) is 0 Å². The van der Waals surface area contributed by atoms with Gasteiger partial charge in [-0.15, -0.1) is 11.3 Å². The minimum atomic E-state index is 0.551. The summed E-state index contributed by atoms with van der Waals surface area (Å²) < 4.78 is 1.43. The second-order valence-electron chi connectivity index (χ2n) is 2.17. The van der Waals surface area contributed by atoms with Crippen molar-refractivity contribution in [3.8, 4) is 6.07 Å². The third-order valence-corrected chi connectivity index (χ3v) is 2.92. The molecule has 0 aromatic carbocycles. The van der Waals surface area contributed by atoms with E-state index in [1.165, 1.54) is 17.7 Å². The number of nitriles is 1.